The van der Waals surface area contributed by atoms with Crippen LogP contribution in [-0.4, -0.2) is 36.2 Å². The van der Waals surface area contributed by atoms with Crippen molar-refractivity contribution in [3.63, 3.8) is 0 Å². The number of hydrogen-bond acceptors (Lipinski definition) is 4. The molecule has 100 valence electrons. The summed E-state index contributed by atoms with van der Waals surface area (Å²) in [6.07, 6.45) is -2.63. The highest BCUT2D eigenvalue weighted by atomic mass is 127. The van der Waals surface area contributed by atoms with Gasteiger partial charge in [-0.2, -0.15) is 0 Å². The molecule has 0 heterocycles. The molecule has 0 saturated carbocycles. The summed E-state index contributed by atoms with van der Waals surface area (Å²) in [6, 6.07) is 4.32. The number of halogens is 3. The first kappa shape index (κ1) is 15.0. The molecule has 1 aromatic rings. The summed E-state index contributed by atoms with van der Waals surface area (Å²) in [4.78, 5) is 11.4. The molecule has 0 amide bonds. The molecule has 0 aliphatic heterocycles. The van der Waals surface area contributed by atoms with Gasteiger partial charge >= 0.3 is 0 Å². The monoisotopic (exact) mass is 372 g/mol. The maximum atomic E-state index is 12.4. The molecule has 0 unspecified atom stereocenters. The molecule has 1 rings (SSSR count). The first-order valence-corrected chi connectivity index (χ1v) is 6.11. The van der Waals surface area contributed by atoms with E-state index in [1.165, 1.54) is 12.1 Å². The smallest absolute Gasteiger partial charge is 0.293 e. The maximum absolute atomic E-state index is 12.4. The van der Waals surface area contributed by atoms with E-state index in [2.05, 4.69) is 0 Å². The summed E-state index contributed by atoms with van der Waals surface area (Å²) < 4.78 is 25.5. The zero-order valence-corrected chi connectivity index (χ0v) is 11.4. The molecule has 1 N–H and O–H groups in total. The first-order valence-electron chi connectivity index (χ1n) is 5.03. The normalized spacial score (nSPS) is 10.7. The van der Waals surface area contributed by atoms with Gasteiger partial charge in [0.1, 0.15) is 5.69 Å². The molecule has 0 fully saturated rings. The van der Waals surface area contributed by atoms with Gasteiger partial charge in [0.25, 0.3) is 12.1 Å². The van der Waals surface area contributed by atoms with Crippen molar-refractivity contribution in [3.8, 4) is 0 Å². The van der Waals surface area contributed by atoms with E-state index in [1.54, 1.807) is 6.07 Å². The van der Waals surface area contributed by atoms with Gasteiger partial charge in [0.05, 0.1) is 18.1 Å². The van der Waals surface area contributed by atoms with E-state index < -0.39 is 17.9 Å². The fraction of sp³-hybridized carbons (Fsp3) is 0.400. The lowest BCUT2D eigenvalue weighted by Gasteiger charge is -2.23. The highest BCUT2D eigenvalue weighted by Crippen LogP contribution is 2.30. The van der Waals surface area contributed by atoms with Crippen molar-refractivity contribution in [1.29, 1.82) is 0 Å². The van der Waals surface area contributed by atoms with Gasteiger partial charge in [0, 0.05) is 16.2 Å². The molecule has 0 spiro atoms. The second kappa shape index (κ2) is 6.78. The standard InChI is InChI=1S/C10H11F2IN2O3/c11-10(12)6-14(3-4-16)8-2-1-7(13)5-9(8)15(17)18/h1-2,5,10,16H,3-4,6H2. The number of anilines is 1. The molecule has 0 bridgehead atoms. The minimum absolute atomic E-state index is 0.0776. The van der Waals surface area contributed by atoms with Crippen LogP contribution in [0.5, 0.6) is 0 Å². The molecule has 0 saturated heterocycles. The summed E-state index contributed by atoms with van der Waals surface area (Å²) >= 11 is 1.91. The highest BCUT2D eigenvalue weighted by molar-refractivity contribution is 14.1. The van der Waals surface area contributed by atoms with Crippen LogP contribution in [0.4, 0.5) is 20.2 Å². The van der Waals surface area contributed by atoms with E-state index in [4.69, 9.17) is 5.11 Å². The fourth-order valence-corrected chi connectivity index (χ4v) is 1.98. The quantitative estimate of drug-likeness (QED) is 0.473. The molecule has 8 heteroatoms. The summed E-state index contributed by atoms with van der Waals surface area (Å²) in [5.74, 6) is 0. The first-order chi connectivity index (χ1) is 8.45. The molecule has 0 atom stereocenters. The Balaban J connectivity index is 3.13. The van der Waals surface area contributed by atoms with E-state index in [1.807, 2.05) is 22.6 Å². The van der Waals surface area contributed by atoms with Gasteiger partial charge in [-0.15, -0.1) is 0 Å². The van der Waals surface area contributed by atoms with Crippen molar-refractivity contribution in [2.24, 2.45) is 0 Å². The Morgan fingerprint density at radius 1 is 1.50 bits per heavy atom. The van der Waals surface area contributed by atoms with Crippen LogP contribution in [0.25, 0.3) is 0 Å². The highest BCUT2D eigenvalue weighted by Gasteiger charge is 2.21. The molecule has 0 aliphatic carbocycles. The van der Waals surface area contributed by atoms with Crippen LogP contribution < -0.4 is 4.90 Å². The van der Waals surface area contributed by atoms with E-state index in [9.17, 15) is 18.9 Å². The number of rotatable bonds is 6. The summed E-state index contributed by atoms with van der Waals surface area (Å²) in [6.45, 7) is -1.08. The van der Waals surface area contributed by atoms with Crippen LogP contribution in [0.3, 0.4) is 0 Å². The van der Waals surface area contributed by atoms with E-state index >= 15 is 0 Å². The average Bonchev–Trinajstić information content (AvgIpc) is 2.27. The molecule has 0 aromatic heterocycles. The minimum atomic E-state index is -2.63. The predicted molar refractivity (Wildman–Crippen MR) is 71.1 cm³/mol. The zero-order valence-electron chi connectivity index (χ0n) is 9.22. The van der Waals surface area contributed by atoms with Gasteiger partial charge < -0.3 is 10.0 Å². The number of nitrogens with zero attached hydrogens (tertiary/aromatic N) is 2. The molecule has 5 nitrogen and oxygen atoms in total. The third kappa shape index (κ3) is 4.02. The van der Waals surface area contributed by atoms with Crippen molar-refractivity contribution >= 4 is 34.0 Å². The van der Waals surface area contributed by atoms with Crippen molar-refractivity contribution < 1.29 is 18.8 Å². The lowest BCUT2D eigenvalue weighted by molar-refractivity contribution is -0.384. The Bertz CT molecular complexity index is 432. The van der Waals surface area contributed by atoms with Crippen LogP contribution in [0.1, 0.15) is 0 Å². The Morgan fingerprint density at radius 2 is 2.17 bits per heavy atom. The summed E-state index contributed by atoms with van der Waals surface area (Å²) in [5, 5.41) is 19.7. The van der Waals surface area contributed by atoms with Crippen LogP contribution in [0.15, 0.2) is 18.2 Å². The number of aliphatic hydroxyl groups is 1. The number of aliphatic hydroxyl groups excluding tert-OH is 1. The fourth-order valence-electron chi connectivity index (χ4n) is 1.51. The molecule has 18 heavy (non-hydrogen) atoms. The van der Waals surface area contributed by atoms with Gasteiger partial charge in [-0.3, -0.25) is 10.1 Å². The third-order valence-electron chi connectivity index (χ3n) is 2.20. The Labute approximate surface area is 116 Å². The van der Waals surface area contributed by atoms with Crippen molar-refractivity contribution in [2.75, 3.05) is 24.6 Å². The van der Waals surface area contributed by atoms with Gasteiger partial charge in [-0.05, 0) is 34.7 Å². The molecular weight excluding hydrogens is 361 g/mol. The molecule has 0 aliphatic rings. The number of hydrogen-bond donors (Lipinski definition) is 1. The molecular formula is C10H11F2IN2O3. The number of alkyl halides is 2. The maximum Gasteiger partial charge on any atom is 0.293 e. The second-order valence-corrected chi connectivity index (χ2v) is 4.70. The Hall–Kier alpha value is -1.03. The van der Waals surface area contributed by atoms with Crippen molar-refractivity contribution in [3.05, 3.63) is 31.9 Å². The van der Waals surface area contributed by atoms with Crippen LogP contribution in [0.2, 0.25) is 0 Å². The van der Waals surface area contributed by atoms with E-state index in [-0.39, 0.29) is 24.5 Å². The second-order valence-electron chi connectivity index (χ2n) is 3.45. The van der Waals surface area contributed by atoms with Crippen molar-refractivity contribution in [2.45, 2.75) is 6.43 Å². The lowest BCUT2D eigenvalue weighted by Crippen LogP contribution is -2.32. The summed E-state index contributed by atoms with van der Waals surface area (Å²) in [7, 11) is 0. The van der Waals surface area contributed by atoms with E-state index in [0.29, 0.717) is 3.57 Å². The Morgan fingerprint density at radius 3 is 2.67 bits per heavy atom. The number of nitro benzene ring substituents is 1. The van der Waals surface area contributed by atoms with Crippen LogP contribution in [-0.2, 0) is 0 Å². The van der Waals surface area contributed by atoms with Crippen molar-refractivity contribution in [1.82, 2.24) is 0 Å². The minimum Gasteiger partial charge on any atom is -0.395 e. The SMILES string of the molecule is O=[N+]([O-])c1cc(I)ccc1N(CCO)CC(F)F. The lowest BCUT2D eigenvalue weighted by atomic mass is 10.2. The topological polar surface area (TPSA) is 66.6 Å². The molecule has 1 aromatic carbocycles. The third-order valence-corrected chi connectivity index (χ3v) is 2.87. The predicted octanol–water partition coefficient (Wildman–Crippen LogP) is 2.26. The van der Waals surface area contributed by atoms with Crippen LogP contribution >= 0.6 is 22.6 Å². The average molecular weight is 372 g/mol. The van der Waals surface area contributed by atoms with Gasteiger partial charge in [0.2, 0.25) is 0 Å². The van der Waals surface area contributed by atoms with Gasteiger partial charge in [0.15, 0.2) is 0 Å². The largest absolute Gasteiger partial charge is 0.395 e. The number of benzene rings is 1. The molecule has 0 radical (unpaired) electrons. The van der Waals surface area contributed by atoms with Gasteiger partial charge in [-0.1, -0.05) is 0 Å². The van der Waals surface area contributed by atoms with E-state index in [0.717, 1.165) is 4.90 Å². The number of nitro groups is 1. The van der Waals surface area contributed by atoms with Gasteiger partial charge in [-0.25, -0.2) is 8.78 Å². The summed E-state index contributed by atoms with van der Waals surface area (Å²) in [5.41, 5.74) is -0.147. The zero-order chi connectivity index (χ0) is 13.7. The Kier molecular flexibility index (Phi) is 5.66. The van der Waals surface area contributed by atoms with Crippen LogP contribution in [0, 0.1) is 13.7 Å².